The van der Waals surface area contributed by atoms with E-state index in [1.807, 2.05) is 20.8 Å². The van der Waals surface area contributed by atoms with Gasteiger partial charge in [-0.2, -0.15) is 13.2 Å². The van der Waals surface area contributed by atoms with Crippen molar-refractivity contribution in [3.63, 3.8) is 0 Å². The molecule has 0 saturated carbocycles. The third-order valence-corrected chi connectivity index (χ3v) is 2.33. The Balaban J connectivity index is 2.60. The van der Waals surface area contributed by atoms with E-state index >= 15 is 0 Å². The molecular formula is C12H16ClF3N4O. The third-order valence-electron chi connectivity index (χ3n) is 2.16. The van der Waals surface area contributed by atoms with Crippen LogP contribution >= 0.6 is 11.6 Å². The summed E-state index contributed by atoms with van der Waals surface area (Å²) in [6.07, 6.45) is -4.51. The number of carbonyl (C=O) groups is 1. The van der Waals surface area contributed by atoms with Crippen molar-refractivity contribution in [3.05, 3.63) is 17.0 Å². The highest BCUT2D eigenvalue weighted by molar-refractivity contribution is 6.28. The van der Waals surface area contributed by atoms with Gasteiger partial charge in [-0.05, 0) is 32.4 Å². The van der Waals surface area contributed by atoms with E-state index in [0.29, 0.717) is 0 Å². The van der Waals surface area contributed by atoms with E-state index in [1.165, 1.54) is 0 Å². The van der Waals surface area contributed by atoms with E-state index in [2.05, 4.69) is 20.6 Å². The zero-order valence-electron chi connectivity index (χ0n) is 11.8. The average molecular weight is 325 g/mol. The molecule has 0 fully saturated rings. The first-order valence-corrected chi connectivity index (χ1v) is 6.52. The molecule has 0 spiro atoms. The van der Waals surface area contributed by atoms with Crippen molar-refractivity contribution in [2.24, 2.45) is 0 Å². The molecule has 1 rings (SSSR count). The molecule has 1 aromatic heterocycles. The number of aromatic nitrogens is 2. The molecule has 0 aliphatic carbocycles. The minimum Gasteiger partial charge on any atom is -0.369 e. The van der Waals surface area contributed by atoms with Gasteiger partial charge in [-0.3, -0.25) is 4.79 Å². The van der Waals surface area contributed by atoms with E-state index in [0.717, 1.165) is 6.07 Å². The average Bonchev–Trinajstić information content (AvgIpc) is 2.24. The van der Waals surface area contributed by atoms with Gasteiger partial charge in [-0.1, -0.05) is 0 Å². The SMILES string of the molecule is CC(C)(C)NC(=O)CCNc1cc(C(F)(F)F)nc(Cl)n1. The van der Waals surface area contributed by atoms with Crippen LogP contribution in [0.4, 0.5) is 19.0 Å². The Morgan fingerprint density at radius 1 is 1.29 bits per heavy atom. The molecule has 0 aromatic carbocycles. The summed E-state index contributed by atoms with van der Waals surface area (Å²) in [6, 6.07) is 0.744. The van der Waals surface area contributed by atoms with E-state index in [1.54, 1.807) is 0 Å². The second kappa shape index (κ2) is 6.46. The first-order chi connectivity index (χ1) is 9.47. The molecule has 1 aromatic rings. The molecule has 0 unspecified atom stereocenters. The van der Waals surface area contributed by atoms with Crippen LogP contribution in [-0.2, 0) is 11.0 Å². The standard InChI is InChI=1S/C12H16ClF3N4O/c1-11(2,3)20-9(21)4-5-17-8-6-7(12(14,15)16)18-10(13)19-8/h6H,4-5H2,1-3H3,(H,20,21)(H,17,18,19). The van der Waals surface area contributed by atoms with Gasteiger partial charge in [0.1, 0.15) is 5.82 Å². The van der Waals surface area contributed by atoms with Crippen molar-refractivity contribution in [1.82, 2.24) is 15.3 Å². The van der Waals surface area contributed by atoms with Crippen LogP contribution in [0.5, 0.6) is 0 Å². The van der Waals surface area contributed by atoms with Crippen LogP contribution in [0.3, 0.4) is 0 Å². The summed E-state index contributed by atoms with van der Waals surface area (Å²) < 4.78 is 37.6. The summed E-state index contributed by atoms with van der Waals surface area (Å²) in [5.74, 6) is -0.294. The number of alkyl halides is 3. The van der Waals surface area contributed by atoms with E-state index in [9.17, 15) is 18.0 Å². The van der Waals surface area contributed by atoms with Crippen molar-refractivity contribution in [2.75, 3.05) is 11.9 Å². The zero-order valence-corrected chi connectivity index (χ0v) is 12.6. The van der Waals surface area contributed by atoms with Gasteiger partial charge in [-0.15, -0.1) is 0 Å². The van der Waals surface area contributed by atoms with Crippen molar-refractivity contribution >= 4 is 23.3 Å². The van der Waals surface area contributed by atoms with Crippen LogP contribution < -0.4 is 10.6 Å². The Labute approximate surface area is 125 Å². The number of anilines is 1. The lowest BCUT2D eigenvalue weighted by molar-refractivity contribution is -0.141. The molecule has 21 heavy (non-hydrogen) atoms. The third kappa shape index (κ3) is 6.61. The second-order valence-electron chi connectivity index (χ2n) is 5.38. The maximum Gasteiger partial charge on any atom is 0.433 e. The van der Waals surface area contributed by atoms with Gasteiger partial charge in [0.2, 0.25) is 11.2 Å². The van der Waals surface area contributed by atoms with Crippen molar-refractivity contribution < 1.29 is 18.0 Å². The Kier molecular flexibility index (Phi) is 5.38. The molecule has 0 bridgehead atoms. The number of amides is 1. The van der Waals surface area contributed by atoms with E-state index in [-0.39, 0.29) is 30.2 Å². The summed E-state index contributed by atoms with van der Waals surface area (Å²) in [4.78, 5) is 18.3. The molecule has 0 radical (unpaired) electrons. The lowest BCUT2D eigenvalue weighted by Crippen LogP contribution is -2.41. The molecule has 5 nitrogen and oxygen atoms in total. The summed E-state index contributed by atoms with van der Waals surface area (Å²) in [5, 5.41) is 4.85. The van der Waals surface area contributed by atoms with Gasteiger partial charge in [-0.25, -0.2) is 9.97 Å². The first kappa shape index (κ1) is 17.5. The fourth-order valence-electron chi connectivity index (χ4n) is 1.44. The van der Waals surface area contributed by atoms with E-state index in [4.69, 9.17) is 11.6 Å². The van der Waals surface area contributed by atoms with E-state index < -0.39 is 17.2 Å². The van der Waals surface area contributed by atoms with Crippen molar-refractivity contribution in [3.8, 4) is 0 Å². The minimum absolute atomic E-state index is 0.0779. The van der Waals surface area contributed by atoms with Gasteiger partial charge in [0.05, 0.1) is 0 Å². The molecule has 0 saturated heterocycles. The molecule has 1 amide bonds. The summed E-state index contributed by atoms with van der Waals surface area (Å²) in [6.45, 7) is 5.63. The summed E-state index contributed by atoms with van der Waals surface area (Å²) in [5.41, 5.74) is -1.50. The lowest BCUT2D eigenvalue weighted by atomic mass is 10.1. The highest BCUT2D eigenvalue weighted by Gasteiger charge is 2.33. The number of nitrogens with one attached hydrogen (secondary N) is 2. The molecule has 0 aliphatic heterocycles. The monoisotopic (exact) mass is 324 g/mol. The number of hydrogen-bond acceptors (Lipinski definition) is 4. The maximum absolute atomic E-state index is 12.5. The predicted octanol–water partition coefficient (Wildman–Crippen LogP) is 2.87. The number of hydrogen-bond donors (Lipinski definition) is 2. The van der Waals surface area contributed by atoms with Gasteiger partial charge in [0.15, 0.2) is 5.69 Å². The van der Waals surface area contributed by atoms with Crippen LogP contribution in [-0.4, -0.2) is 28.0 Å². The van der Waals surface area contributed by atoms with Crippen LogP contribution in [0.2, 0.25) is 5.28 Å². The minimum atomic E-state index is -4.60. The Morgan fingerprint density at radius 2 is 1.90 bits per heavy atom. The molecule has 118 valence electrons. The lowest BCUT2D eigenvalue weighted by Gasteiger charge is -2.20. The van der Waals surface area contributed by atoms with Crippen LogP contribution in [0.15, 0.2) is 6.07 Å². The number of halogens is 4. The molecule has 2 N–H and O–H groups in total. The van der Waals surface area contributed by atoms with Gasteiger partial charge < -0.3 is 10.6 Å². The quantitative estimate of drug-likeness (QED) is 0.836. The van der Waals surface area contributed by atoms with Crippen LogP contribution in [0.25, 0.3) is 0 Å². The number of nitrogens with zero attached hydrogens (tertiary/aromatic N) is 2. The Bertz CT molecular complexity index is 514. The molecule has 1 heterocycles. The molecule has 0 atom stereocenters. The van der Waals surface area contributed by atoms with Gasteiger partial charge >= 0.3 is 6.18 Å². The first-order valence-electron chi connectivity index (χ1n) is 6.14. The summed E-state index contributed by atoms with van der Waals surface area (Å²) >= 11 is 5.44. The number of carbonyl (C=O) groups excluding carboxylic acids is 1. The molecule has 9 heteroatoms. The van der Waals surface area contributed by atoms with Crippen molar-refractivity contribution in [2.45, 2.75) is 38.9 Å². The predicted molar refractivity (Wildman–Crippen MR) is 73.0 cm³/mol. The highest BCUT2D eigenvalue weighted by atomic mass is 35.5. The fraction of sp³-hybridized carbons (Fsp3) is 0.583. The zero-order chi connectivity index (χ0) is 16.3. The topological polar surface area (TPSA) is 66.9 Å². The van der Waals surface area contributed by atoms with Crippen LogP contribution in [0, 0.1) is 0 Å². The molecular weight excluding hydrogens is 309 g/mol. The van der Waals surface area contributed by atoms with Gasteiger partial charge in [0, 0.05) is 24.6 Å². The second-order valence-corrected chi connectivity index (χ2v) is 5.72. The Hall–Kier alpha value is -1.57. The smallest absolute Gasteiger partial charge is 0.369 e. The highest BCUT2D eigenvalue weighted by Crippen LogP contribution is 2.29. The number of rotatable bonds is 4. The summed E-state index contributed by atoms with van der Waals surface area (Å²) in [7, 11) is 0. The maximum atomic E-state index is 12.5. The van der Waals surface area contributed by atoms with Crippen molar-refractivity contribution in [1.29, 1.82) is 0 Å². The largest absolute Gasteiger partial charge is 0.433 e. The molecule has 0 aliphatic rings. The van der Waals surface area contributed by atoms with Gasteiger partial charge in [0.25, 0.3) is 0 Å². The normalized spacial score (nSPS) is 12.1. The van der Waals surface area contributed by atoms with Crippen LogP contribution in [0.1, 0.15) is 32.9 Å². The fourth-order valence-corrected chi connectivity index (χ4v) is 1.62. The Morgan fingerprint density at radius 3 is 2.43 bits per heavy atom.